The Morgan fingerprint density at radius 2 is 1.70 bits per heavy atom. The first kappa shape index (κ1) is 23.4. The van der Waals surface area contributed by atoms with Gasteiger partial charge in [-0.15, -0.1) is 0 Å². The first-order valence-electron chi connectivity index (χ1n) is 10.5. The maximum atomic E-state index is 12.8. The van der Waals surface area contributed by atoms with E-state index in [4.69, 9.17) is 4.74 Å². The van der Waals surface area contributed by atoms with Crippen molar-refractivity contribution < 1.29 is 14.3 Å². The Balaban J connectivity index is 1.96. The van der Waals surface area contributed by atoms with E-state index in [1.54, 1.807) is 6.08 Å². The Labute approximate surface area is 179 Å². The summed E-state index contributed by atoms with van der Waals surface area (Å²) < 4.78 is 5.41. The molecule has 30 heavy (non-hydrogen) atoms. The molecule has 1 N–H and O–H groups in total. The van der Waals surface area contributed by atoms with Gasteiger partial charge in [0, 0.05) is 19.2 Å². The zero-order valence-corrected chi connectivity index (χ0v) is 17.9. The topological polar surface area (TPSA) is 58.6 Å². The molecule has 5 heteroatoms. The molecule has 0 saturated heterocycles. The average molecular weight is 409 g/mol. The number of hydrogen-bond donors (Lipinski definition) is 1. The predicted octanol–water partition coefficient (Wildman–Crippen LogP) is 4.05. The summed E-state index contributed by atoms with van der Waals surface area (Å²) in [4.78, 5) is 26.8. The molecule has 1 unspecified atom stereocenters. The fourth-order valence-electron chi connectivity index (χ4n) is 3.03. The third kappa shape index (κ3) is 8.62. The van der Waals surface area contributed by atoms with Gasteiger partial charge in [-0.1, -0.05) is 80.4 Å². The molecule has 0 aliphatic carbocycles. The summed E-state index contributed by atoms with van der Waals surface area (Å²) in [6.07, 6.45) is 6.21. The fraction of sp³-hybridized carbons (Fsp3) is 0.360. The first-order valence-corrected chi connectivity index (χ1v) is 10.5. The van der Waals surface area contributed by atoms with E-state index in [1.165, 1.54) is 6.08 Å². The molecule has 160 valence electrons. The van der Waals surface area contributed by atoms with E-state index in [0.717, 1.165) is 30.4 Å². The number of carbonyl (C=O) groups is 2. The van der Waals surface area contributed by atoms with Crippen LogP contribution in [0.15, 0.2) is 66.7 Å². The van der Waals surface area contributed by atoms with Gasteiger partial charge in [0.2, 0.25) is 5.91 Å². The highest BCUT2D eigenvalue weighted by molar-refractivity contribution is 5.87. The number of carbonyl (C=O) groups excluding carboxylic acids is 2. The highest BCUT2D eigenvalue weighted by Gasteiger charge is 2.24. The van der Waals surface area contributed by atoms with Crippen LogP contribution in [0, 0.1) is 0 Å². The number of nitrogens with one attached hydrogen (secondary N) is 1. The van der Waals surface area contributed by atoms with Crippen LogP contribution in [0.2, 0.25) is 0 Å². The lowest BCUT2D eigenvalue weighted by Gasteiger charge is -2.26. The zero-order valence-electron chi connectivity index (χ0n) is 17.9. The molecule has 0 radical (unpaired) electrons. The molecule has 0 aromatic heterocycles. The third-order valence-electron chi connectivity index (χ3n) is 4.78. The van der Waals surface area contributed by atoms with Crippen molar-refractivity contribution in [1.82, 2.24) is 10.2 Å². The molecule has 1 amide bonds. The number of benzene rings is 2. The Hall–Kier alpha value is -2.92. The standard InChI is InChI=1S/C25H32N2O3/c1-3-4-11-18-26-25(29)23(27(2)19-22-14-9-6-10-15-22)20-30-24(28)17-16-21-12-7-5-8-13-21/h5-10,12-17,23H,3-4,11,18-20H2,1-2H3,(H,26,29)/b17-16+. The summed E-state index contributed by atoms with van der Waals surface area (Å²) >= 11 is 0. The van der Waals surface area contributed by atoms with E-state index in [0.29, 0.717) is 13.1 Å². The lowest BCUT2D eigenvalue weighted by Crippen LogP contribution is -2.48. The molecule has 0 aliphatic rings. The zero-order chi connectivity index (χ0) is 21.6. The summed E-state index contributed by atoms with van der Waals surface area (Å²) in [6.45, 7) is 3.34. The van der Waals surface area contributed by atoms with Gasteiger partial charge >= 0.3 is 5.97 Å². The van der Waals surface area contributed by atoms with E-state index < -0.39 is 12.0 Å². The second-order valence-electron chi connectivity index (χ2n) is 7.29. The molecule has 5 nitrogen and oxygen atoms in total. The van der Waals surface area contributed by atoms with Gasteiger partial charge in [-0.2, -0.15) is 0 Å². The minimum absolute atomic E-state index is 0.000900. The maximum absolute atomic E-state index is 12.8. The molecular weight excluding hydrogens is 376 g/mol. The number of amides is 1. The molecule has 2 rings (SSSR count). The van der Waals surface area contributed by atoms with Crippen LogP contribution in [-0.2, 0) is 20.9 Å². The Bertz CT molecular complexity index is 791. The van der Waals surface area contributed by atoms with Crippen molar-refractivity contribution in [2.45, 2.75) is 38.8 Å². The van der Waals surface area contributed by atoms with Crippen LogP contribution in [0.1, 0.15) is 37.3 Å². The molecule has 0 saturated carbocycles. The van der Waals surface area contributed by atoms with Crippen LogP contribution >= 0.6 is 0 Å². The molecular formula is C25H32N2O3. The van der Waals surface area contributed by atoms with Gasteiger partial charge in [0.25, 0.3) is 0 Å². The molecule has 0 spiro atoms. The summed E-state index contributed by atoms with van der Waals surface area (Å²) in [5, 5.41) is 2.98. The summed E-state index contributed by atoms with van der Waals surface area (Å²) in [5.74, 6) is -0.583. The van der Waals surface area contributed by atoms with Crippen molar-refractivity contribution in [1.29, 1.82) is 0 Å². The lowest BCUT2D eigenvalue weighted by molar-refractivity contribution is -0.141. The minimum atomic E-state index is -0.555. The second-order valence-corrected chi connectivity index (χ2v) is 7.29. The maximum Gasteiger partial charge on any atom is 0.330 e. The lowest BCUT2D eigenvalue weighted by atomic mass is 10.1. The van der Waals surface area contributed by atoms with Gasteiger partial charge in [-0.3, -0.25) is 9.69 Å². The van der Waals surface area contributed by atoms with Crippen LogP contribution in [0.3, 0.4) is 0 Å². The van der Waals surface area contributed by atoms with Crippen LogP contribution < -0.4 is 5.32 Å². The largest absolute Gasteiger partial charge is 0.460 e. The highest BCUT2D eigenvalue weighted by atomic mass is 16.5. The molecule has 2 aromatic rings. The Morgan fingerprint density at radius 1 is 1.03 bits per heavy atom. The van der Waals surface area contributed by atoms with Crippen LogP contribution in [0.5, 0.6) is 0 Å². The van der Waals surface area contributed by atoms with E-state index in [1.807, 2.05) is 72.6 Å². The van der Waals surface area contributed by atoms with Gasteiger partial charge in [0.1, 0.15) is 12.6 Å². The van der Waals surface area contributed by atoms with Gasteiger partial charge < -0.3 is 10.1 Å². The normalized spacial score (nSPS) is 12.1. The van der Waals surface area contributed by atoms with E-state index >= 15 is 0 Å². The Kier molecular flexibility index (Phi) is 10.4. The van der Waals surface area contributed by atoms with Crippen molar-refractivity contribution in [2.75, 3.05) is 20.2 Å². The predicted molar refractivity (Wildman–Crippen MR) is 121 cm³/mol. The van der Waals surface area contributed by atoms with Crippen molar-refractivity contribution in [3.63, 3.8) is 0 Å². The first-order chi connectivity index (χ1) is 14.6. The van der Waals surface area contributed by atoms with Gasteiger partial charge in [-0.05, 0) is 30.7 Å². The number of rotatable bonds is 12. The second kappa shape index (κ2) is 13.3. The molecule has 0 fully saturated rings. The molecule has 0 heterocycles. The van der Waals surface area contributed by atoms with E-state index in [9.17, 15) is 9.59 Å². The van der Waals surface area contributed by atoms with Crippen LogP contribution in [0.4, 0.5) is 0 Å². The van der Waals surface area contributed by atoms with Crippen molar-refractivity contribution in [3.8, 4) is 0 Å². The van der Waals surface area contributed by atoms with E-state index in [-0.39, 0.29) is 12.5 Å². The number of nitrogens with zero attached hydrogens (tertiary/aromatic N) is 1. The van der Waals surface area contributed by atoms with Crippen molar-refractivity contribution >= 4 is 18.0 Å². The molecule has 0 bridgehead atoms. The number of hydrogen-bond acceptors (Lipinski definition) is 4. The van der Waals surface area contributed by atoms with Gasteiger partial charge in [-0.25, -0.2) is 4.79 Å². The molecule has 0 aliphatic heterocycles. The summed E-state index contributed by atoms with van der Waals surface area (Å²) in [6, 6.07) is 18.9. The summed E-state index contributed by atoms with van der Waals surface area (Å²) in [7, 11) is 1.87. The minimum Gasteiger partial charge on any atom is -0.460 e. The monoisotopic (exact) mass is 408 g/mol. The SMILES string of the molecule is CCCCCNC(=O)C(COC(=O)/C=C/c1ccccc1)N(C)Cc1ccccc1. The van der Waals surface area contributed by atoms with Crippen molar-refractivity contribution in [2.24, 2.45) is 0 Å². The van der Waals surface area contributed by atoms with Gasteiger partial charge in [0.05, 0.1) is 0 Å². The van der Waals surface area contributed by atoms with Crippen LogP contribution in [-0.4, -0.2) is 43.0 Å². The number of esters is 1. The smallest absolute Gasteiger partial charge is 0.330 e. The van der Waals surface area contributed by atoms with Crippen molar-refractivity contribution in [3.05, 3.63) is 77.9 Å². The molecule has 1 atom stereocenters. The Morgan fingerprint density at radius 3 is 2.37 bits per heavy atom. The number of unbranched alkanes of at least 4 members (excludes halogenated alkanes) is 2. The number of likely N-dealkylation sites (N-methyl/N-ethyl adjacent to an activating group) is 1. The fourth-order valence-corrected chi connectivity index (χ4v) is 3.03. The van der Waals surface area contributed by atoms with E-state index in [2.05, 4.69) is 12.2 Å². The highest BCUT2D eigenvalue weighted by Crippen LogP contribution is 2.08. The quantitative estimate of drug-likeness (QED) is 0.327. The molecule has 2 aromatic carbocycles. The third-order valence-corrected chi connectivity index (χ3v) is 4.78. The van der Waals surface area contributed by atoms with Gasteiger partial charge in [0.15, 0.2) is 0 Å². The summed E-state index contributed by atoms with van der Waals surface area (Å²) in [5.41, 5.74) is 2.01. The average Bonchev–Trinajstić information content (AvgIpc) is 2.77. The van der Waals surface area contributed by atoms with Crippen LogP contribution in [0.25, 0.3) is 6.08 Å². The number of ether oxygens (including phenoxy) is 1.